The fourth-order valence-electron chi connectivity index (χ4n) is 1.51. The third kappa shape index (κ3) is 3.64. The molecule has 94 valence electrons. The Morgan fingerprint density at radius 2 is 2.11 bits per heavy atom. The summed E-state index contributed by atoms with van der Waals surface area (Å²) in [5.74, 6) is 1.40. The van der Waals surface area contributed by atoms with E-state index in [1.807, 2.05) is 24.3 Å². The van der Waals surface area contributed by atoms with E-state index in [1.165, 1.54) is 0 Å². The molecule has 1 N–H and O–H groups in total. The first-order chi connectivity index (χ1) is 8.78. The third-order valence-electron chi connectivity index (χ3n) is 2.32. The summed E-state index contributed by atoms with van der Waals surface area (Å²) in [6.07, 6.45) is 4.53. The van der Waals surface area contributed by atoms with E-state index in [0.717, 1.165) is 18.7 Å². The lowest BCUT2D eigenvalue weighted by Gasteiger charge is -2.08. The molecule has 0 aliphatic rings. The van der Waals surface area contributed by atoms with Crippen LogP contribution in [-0.2, 0) is 0 Å². The minimum atomic E-state index is 0.653. The maximum atomic E-state index is 5.90. The topological polar surface area (TPSA) is 34.2 Å². The number of hydrogen-bond acceptors (Lipinski definition) is 3. The summed E-state index contributed by atoms with van der Waals surface area (Å²) in [6, 6.07) is 9.21. The first kappa shape index (κ1) is 12.7. The number of hydrogen-bond donors (Lipinski definition) is 1. The van der Waals surface area contributed by atoms with Gasteiger partial charge in [-0.25, -0.2) is 0 Å². The molecule has 1 heterocycles. The second-order valence-corrected chi connectivity index (χ2v) is 4.33. The van der Waals surface area contributed by atoms with Gasteiger partial charge in [0.05, 0.1) is 18.1 Å². The van der Waals surface area contributed by atoms with Crippen molar-refractivity contribution in [3.8, 4) is 11.5 Å². The van der Waals surface area contributed by atoms with Crippen LogP contribution in [0.1, 0.15) is 13.3 Å². The third-order valence-corrected chi connectivity index (χ3v) is 2.56. The van der Waals surface area contributed by atoms with Crippen molar-refractivity contribution in [1.29, 1.82) is 0 Å². The van der Waals surface area contributed by atoms with Crippen LogP contribution < -0.4 is 10.1 Å². The summed E-state index contributed by atoms with van der Waals surface area (Å²) < 4.78 is 5.69. The number of halogens is 1. The van der Waals surface area contributed by atoms with Crippen LogP contribution in [0.25, 0.3) is 0 Å². The summed E-state index contributed by atoms with van der Waals surface area (Å²) in [6.45, 7) is 3.04. The number of aromatic nitrogens is 1. The van der Waals surface area contributed by atoms with Crippen LogP contribution in [0.2, 0.25) is 5.02 Å². The molecule has 1 aromatic heterocycles. The van der Waals surface area contributed by atoms with Crippen LogP contribution in [0.3, 0.4) is 0 Å². The molecule has 1 aromatic carbocycles. The van der Waals surface area contributed by atoms with Gasteiger partial charge in [-0.2, -0.15) is 0 Å². The van der Waals surface area contributed by atoms with Crippen molar-refractivity contribution in [3.63, 3.8) is 0 Å². The van der Waals surface area contributed by atoms with E-state index in [0.29, 0.717) is 16.5 Å². The highest BCUT2D eigenvalue weighted by Crippen LogP contribution is 2.25. The van der Waals surface area contributed by atoms with Crippen molar-refractivity contribution < 1.29 is 4.74 Å². The lowest BCUT2D eigenvalue weighted by Crippen LogP contribution is -2.00. The quantitative estimate of drug-likeness (QED) is 0.870. The molecule has 0 atom stereocenters. The monoisotopic (exact) mass is 262 g/mol. The zero-order valence-electron chi connectivity index (χ0n) is 10.2. The molecule has 0 radical (unpaired) electrons. The maximum Gasteiger partial charge on any atom is 0.147 e. The zero-order chi connectivity index (χ0) is 12.8. The van der Waals surface area contributed by atoms with Crippen molar-refractivity contribution in [2.45, 2.75) is 13.3 Å². The second kappa shape index (κ2) is 6.26. The van der Waals surface area contributed by atoms with Gasteiger partial charge in [-0.15, -0.1) is 0 Å². The van der Waals surface area contributed by atoms with Crippen molar-refractivity contribution in [2.75, 3.05) is 11.9 Å². The molecular weight excluding hydrogens is 248 g/mol. The van der Waals surface area contributed by atoms with Gasteiger partial charge in [-0.05, 0) is 24.6 Å². The Morgan fingerprint density at radius 1 is 1.22 bits per heavy atom. The number of anilines is 1. The molecule has 0 amide bonds. The molecule has 0 bridgehead atoms. The Morgan fingerprint density at radius 3 is 2.89 bits per heavy atom. The van der Waals surface area contributed by atoms with E-state index < -0.39 is 0 Å². The summed E-state index contributed by atoms with van der Waals surface area (Å²) in [4.78, 5) is 4.14. The predicted molar refractivity (Wildman–Crippen MR) is 74.5 cm³/mol. The average Bonchev–Trinajstić information content (AvgIpc) is 2.37. The van der Waals surface area contributed by atoms with E-state index in [1.54, 1.807) is 18.5 Å². The van der Waals surface area contributed by atoms with Gasteiger partial charge >= 0.3 is 0 Å². The molecule has 18 heavy (non-hydrogen) atoms. The lowest BCUT2D eigenvalue weighted by atomic mass is 10.3. The van der Waals surface area contributed by atoms with E-state index in [9.17, 15) is 0 Å². The van der Waals surface area contributed by atoms with E-state index >= 15 is 0 Å². The molecule has 3 nitrogen and oxygen atoms in total. The van der Waals surface area contributed by atoms with Crippen LogP contribution in [0.5, 0.6) is 11.5 Å². The van der Waals surface area contributed by atoms with Gasteiger partial charge in [0.1, 0.15) is 11.5 Å². The molecule has 0 saturated carbocycles. The molecule has 0 unspecified atom stereocenters. The predicted octanol–water partition coefficient (Wildman–Crippen LogP) is 4.35. The van der Waals surface area contributed by atoms with Crippen LogP contribution in [0.4, 0.5) is 5.69 Å². The normalized spacial score (nSPS) is 10.1. The number of pyridine rings is 1. The highest BCUT2D eigenvalue weighted by Gasteiger charge is 2.00. The molecule has 2 aromatic rings. The fourth-order valence-corrected chi connectivity index (χ4v) is 1.69. The van der Waals surface area contributed by atoms with Gasteiger partial charge in [0.15, 0.2) is 0 Å². The molecular formula is C14H15ClN2O. The molecule has 0 saturated heterocycles. The number of rotatable bonds is 5. The lowest BCUT2D eigenvalue weighted by molar-refractivity contribution is 0.480. The fraction of sp³-hybridized carbons (Fsp3) is 0.214. The van der Waals surface area contributed by atoms with E-state index in [-0.39, 0.29) is 0 Å². The highest BCUT2D eigenvalue weighted by molar-refractivity contribution is 6.30. The van der Waals surface area contributed by atoms with E-state index in [4.69, 9.17) is 16.3 Å². The minimum absolute atomic E-state index is 0.653. The van der Waals surface area contributed by atoms with Crippen molar-refractivity contribution in [1.82, 2.24) is 4.98 Å². The smallest absolute Gasteiger partial charge is 0.147 e. The summed E-state index contributed by atoms with van der Waals surface area (Å²) in [5, 5.41) is 3.92. The summed E-state index contributed by atoms with van der Waals surface area (Å²) >= 11 is 5.90. The van der Waals surface area contributed by atoms with Crippen LogP contribution >= 0.6 is 11.6 Å². The number of benzene rings is 1. The second-order valence-electron chi connectivity index (χ2n) is 3.90. The molecule has 0 aliphatic heterocycles. The molecule has 0 aliphatic carbocycles. The van der Waals surface area contributed by atoms with Crippen molar-refractivity contribution in [3.05, 3.63) is 47.7 Å². The number of nitrogens with zero attached hydrogens (tertiary/aromatic N) is 1. The molecule has 0 spiro atoms. The Labute approximate surface area is 112 Å². The van der Waals surface area contributed by atoms with Crippen LogP contribution in [-0.4, -0.2) is 11.5 Å². The highest BCUT2D eigenvalue weighted by atomic mass is 35.5. The standard InChI is InChI=1S/C14H15ClN2O/c1-2-6-17-12-8-14(10-16-9-12)18-13-5-3-4-11(15)7-13/h3-5,7-10,17H,2,6H2,1H3. The largest absolute Gasteiger partial charge is 0.456 e. The SMILES string of the molecule is CCCNc1cncc(Oc2cccc(Cl)c2)c1. The van der Waals surface area contributed by atoms with Crippen molar-refractivity contribution >= 4 is 17.3 Å². The van der Waals surface area contributed by atoms with Gasteiger partial charge in [-0.1, -0.05) is 24.6 Å². The van der Waals surface area contributed by atoms with E-state index in [2.05, 4.69) is 17.2 Å². The maximum absolute atomic E-state index is 5.90. The Balaban J connectivity index is 2.09. The average molecular weight is 263 g/mol. The van der Waals surface area contributed by atoms with Crippen LogP contribution in [0, 0.1) is 0 Å². The van der Waals surface area contributed by atoms with Gasteiger partial charge in [0, 0.05) is 17.6 Å². The van der Waals surface area contributed by atoms with Crippen LogP contribution in [0.15, 0.2) is 42.7 Å². The van der Waals surface area contributed by atoms with Gasteiger partial charge in [0.25, 0.3) is 0 Å². The summed E-state index contributed by atoms with van der Waals surface area (Å²) in [5.41, 5.74) is 0.955. The summed E-state index contributed by atoms with van der Waals surface area (Å²) in [7, 11) is 0. The molecule has 4 heteroatoms. The van der Waals surface area contributed by atoms with Gasteiger partial charge in [0.2, 0.25) is 0 Å². The molecule has 0 fully saturated rings. The molecule has 2 rings (SSSR count). The van der Waals surface area contributed by atoms with Crippen molar-refractivity contribution in [2.24, 2.45) is 0 Å². The Hall–Kier alpha value is -1.74. The van der Waals surface area contributed by atoms with Gasteiger partial charge in [-0.3, -0.25) is 4.98 Å². The first-order valence-electron chi connectivity index (χ1n) is 5.90. The Bertz CT molecular complexity index is 517. The number of ether oxygens (including phenoxy) is 1. The Kier molecular flexibility index (Phi) is 4.42. The minimum Gasteiger partial charge on any atom is -0.456 e. The number of nitrogens with one attached hydrogen (secondary N) is 1. The van der Waals surface area contributed by atoms with Gasteiger partial charge < -0.3 is 10.1 Å². The first-order valence-corrected chi connectivity index (χ1v) is 6.28. The zero-order valence-corrected chi connectivity index (χ0v) is 10.9.